The lowest BCUT2D eigenvalue weighted by Gasteiger charge is -2.31. The monoisotopic (exact) mass is 475 g/mol. The number of benzene rings is 2. The first-order valence-electron chi connectivity index (χ1n) is 12.5. The normalized spacial score (nSPS) is 14.4. The maximum absolute atomic E-state index is 10.7. The molecule has 0 fully saturated rings. The molecule has 186 valence electrons. The number of anilines is 1. The van der Waals surface area contributed by atoms with Crippen LogP contribution in [0.3, 0.4) is 0 Å². The molecular weight excluding hydrogens is 438 g/mol. The summed E-state index contributed by atoms with van der Waals surface area (Å²) in [4.78, 5) is 4.58. The Morgan fingerprint density at radius 2 is 1.86 bits per heavy atom. The number of hydrogen-bond acceptors (Lipinski definition) is 6. The molecule has 3 aromatic rings. The molecule has 0 spiro atoms. The van der Waals surface area contributed by atoms with Crippen molar-refractivity contribution in [3.63, 3.8) is 0 Å². The van der Waals surface area contributed by atoms with E-state index in [2.05, 4.69) is 71.8 Å². The molecule has 0 bridgehead atoms. The fourth-order valence-electron chi connectivity index (χ4n) is 4.77. The molecule has 6 nitrogen and oxygen atoms in total. The highest BCUT2D eigenvalue weighted by Gasteiger charge is 2.27. The van der Waals surface area contributed by atoms with Crippen LogP contribution >= 0.6 is 0 Å². The van der Waals surface area contributed by atoms with Gasteiger partial charge in [-0.1, -0.05) is 79.7 Å². The van der Waals surface area contributed by atoms with Crippen LogP contribution in [-0.4, -0.2) is 54.1 Å². The van der Waals surface area contributed by atoms with Crippen LogP contribution in [0.15, 0.2) is 71.8 Å². The van der Waals surface area contributed by atoms with E-state index in [-0.39, 0.29) is 6.61 Å². The Bertz CT molecular complexity index is 1080. The van der Waals surface area contributed by atoms with Gasteiger partial charge in [-0.2, -0.15) is 0 Å². The van der Waals surface area contributed by atoms with Gasteiger partial charge in [0, 0.05) is 38.3 Å². The van der Waals surface area contributed by atoms with E-state index in [0.717, 1.165) is 48.8 Å². The molecular formula is C29H37N3O3. The number of aromatic nitrogens is 1. The molecule has 1 N–H and O–H groups in total. The van der Waals surface area contributed by atoms with Crippen molar-refractivity contribution in [3.8, 4) is 11.3 Å². The smallest absolute Gasteiger partial charge is 0.232 e. The maximum Gasteiger partial charge on any atom is 0.232 e. The molecule has 0 unspecified atom stereocenters. The van der Waals surface area contributed by atoms with Crippen LogP contribution < -0.4 is 4.90 Å². The molecule has 2 heterocycles. The zero-order valence-corrected chi connectivity index (χ0v) is 20.9. The van der Waals surface area contributed by atoms with E-state index in [1.165, 1.54) is 11.1 Å². The van der Waals surface area contributed by atoms with E-state index in [0.29, 0.717) is 25.6 Å². The van der Waals surface area contributed by atoms with Gasteiger partial charge < -0.3 is 19.3 Å². The summed E-state index contributed by atoms with van der Waals surface area (Å²) >= 11 is 0. The van der Waals surface area contributed by atoms with Crippen molar-refractivity contribution in [1.82, 2.24) is 10.1 Å². The minimum absolute atomic E-state index is 0.283. The van der Waals surface area contributed by atoms with Gasteiger partial charge in [0.05, 0.1) is 24.9 Å². The van der Waals surface area contributed by atoms with Gasteiger partial charge in [-0.3, -0.25) is 4.90 Å². The van der Waals surface area contributed by atoms with Crippen LogP contribution in [0.5, 0.6) is 0 Å². The zero-order valence-electron chi connectivity index (χ0n) is 20.9. The Balaban J connectivity index is 1.62. The lowest BCUT2D eigenvalue weighted by molar-refractivity contribution is 0.0223. The first kappa shape index (κ1) is 25.2. The van der Waals surface area contributed by atoms with E-state index in [4.69, 9.17) is 9.26 Å². The molecule has 0 aliphatic carbocycles. The third-order valence-electron chi connectivity index (χ3n) is 6.25. The second kappa shape index (κ2) is 12.2. The van der Waals surface area contributed by atoms with Gasteiger partial charge in [-0.25, -0.2) is 0 Å². The van der Waals surface area contributed by atoms with Crippen LogP contribution in [0.25, 0.3) is 11.3 Å². The third kappa shape index (κ3) is 6.60. The molecule has 2 aromatic carbocycles. The highest BCUT2D eigenvalue weighted by Crippen LogP contribution is 2.35. The van der Waals surface area contributed by atoms with Gasteiger partial charge in [0.2, 0.25) is 5.88 Å². The Morgan fingerprint density at radius 1 is 1.11 bits per heavy atom. The Hall–Kier alpha value is -2.93. The SMILES string of the molecule is C=CCOC[C@H](O)CN(Cc1c(-c2ccccc2)noc1N1CCc2ccccc2C1)CC(C)C. The summed E-state index contributed by atoms with van der Waals surface area (Å²) in [7, 11) is 0. The summed E-state index contributed by atoms with van der Waals surface area (Å²) in [5.41, 5.74) is 5.70. The highest BCUT2D eigenvalue weighted by molar-refractivity contribution is 5.68. The lowest BCUT2D eigenvalue weighted by atomic mass is 9.99. The average Bonchev–Trinajstić information content (AvgIpc) is 3.27. The number of aliphatic hydroxyl groups excluding tert-OH is 1. The predicted octanol–water partition coefficient (Wildman–Crippen LogP) is 4.93. The van der Waals surface area contributed by atoms with Gasteiger partial charge in [0.15, 0.2) is 0 Å². The van der Waals surface area contributed by atoms with Gasteiger partial charge in [-0.05, 0) is 23.5 Å². The molecule has 0 saturated carbocycles. The fraction of sp³-hybridized carbons (Fsp3) is 0.414. The largest absolute Gasteiger partial charge is 0.389 e. The molecule has 35 heavy (non-hydrogen) atoms. The zero-order chi connectivity index (χ0) is 24.6. The second-order valence-corrected chi connectivity index (χ2v) is 9.69. The number of hydrogen-bond donors (Lipinski definition) is 1. The maximum atomic E-state index is 10.7. The first-order chi connectivity index (χ1) is 17.0. The molecule has 4 rings (SSSR count). The quantitative estimate of drug-likeness (QED) is 0.296. The molecule has 1 atom stereocenters. The van der Waals surface area contributed by atoms with Crippen molar-refractivity contribution in [3.05, 3.63) is 83.9 Å². The summed E-state index contributed by atoms with van der Waals surface area (Å²) < 4.78 is 11.5. The van der Waals surface area contributed by atoms with Crippen molar-refractivity contribution in [2.24, 2.45) is 5.92 Å². The van der Waals surface area contributed by atoms with E-state index in [9.17, 15) is 5.11 Å². The van der Waals surface area contributed by atoms with Crippen molar-refractivity contribution in [1.29, 1.82) is 0 Å². The van der Waals surface area contributed by atoms with Crippen LogP contribution in [0.4, 0.5) is 5.88 Å². The Labute approximate surface area is 208 Å². The predicted molar refractivity (Wildman–Crippen MR) is 140 cm³/mol. The molecule has 0 saturated heterocycles. The van der Waals surface area contributed by atoms with E-state index >= 15 is 0 Å². The van der Waals surface area contributed by atoms with Gasteiger partial charge in [-0.15, -0.1) is 6.58 Å². The number of nitrogens with zero attached hydrogens (tertiary/aromatic N) is 3. The van der Waals surface area contributed by atoms with Gasteiger partial charge in [0.25, 0.3) is 0 Å². The molecule has 1 aliphatic heterocycles. The highest BCUT2D eigenvalue weighted by atomic mass is 16.5. The van der Waals surface area contributed by atoms with Crippen LogP contribution in [0.1, 0.15) is 30.5 Å². The summed E-state index contributed by atoms with van der Waals surface area (Å²) in [5, 5.41) is 15.2. The Kier molecular flexibility index (Phi) is 8.74. The van der Waals surface area contributed by atoms with Crippen LogP contribution in [0.2, 0.25) is 0 Å². The number of fused-ring (bicyclic) bond motifs is 1. The summed E-state index contributed by atoms with van der Waals surface area (Å²) in [6.45, 7) is 12.5. The van der Waals surface area contributed by atoms with Gasteiger partial charge >= 0.3 is 0 Å². The van der Waals surface area contributed by atoms with Crippen LogP contribution in [0, 0.1) is 5.92 Å². The number of rotatable bonds is 12. The molecule has 0 amide bonds. The van der Waals surface area contributed by atoms with E-state index in [1.807, 2.05) is 18.2 Å². The van der Waals surface area contributed by atoms with Crippen molar-refractivity contribution in [2.75, 3.05) is 37.7 Å². The number of aliphatic hydroxyl groups is 1. The van der Waals surface area contributed by atoms with Crippen molar-refractivity contribution in [2.45, 2.75) is 39.5 Å². The number of ether oxygens (including phenoxy) is 1. The lowest BCUT2D eigenvalue weighted by Crippen LogP contribution is -2.37. The summed E-state index contributed by atoms with van der Waals surface area (Å²) in [5.74, 6) is 1.27. The van der Waals surface area contributed by atoms with Gasteiger partial charge in [0.1, 0.15) is 5.69 Å². The Morgan fingerprint density at radius 3 is 2.60 bits per heavy atom. The third-order valence-corrected chi connectivity index (χ3v) is 6.25. The van der Waals surface area contributed by atoms with Crippen molar-refractivity contribution < 1.29 is 14.4 Å². The fourth-order valence-corrected chi connectivity index (χ4v) is 4.77. The molecule has 6 heteroatoms. The molecule has 1 aliphatic rings. The van der Waals surface area contributed by atoms with Crippen LogP contribution in [-0.2, 0) is 24.2 Å². The molecule has 1 aromatic heterocycles. The topological polar surface area (TPSA) is 62.0 Å². The minimum Gasteiger partial charge on any atom is -0.389 e. The van der Waals surface area contributed by atoms with E-state index < -0.39 is 6.10 Å². The van der Waals surface area contributed by atoms with Crippen molar-refractivity contribution >= 4 is 5.88 Å². The second-order valence-electron chi connectivity index (χ2n) is 9.69. The molecule has 0 radical (unpaired) electrons. The first-order valence-corrected chi connectivity index (χ1v) is 12.5. The minimum atomic E-state index is -0.584. The standard InChI is InChI=1S/C29H37N3O3/c1-4-16-34-21-26(33)19-31(17-22(2)3)20-27-28(24-11-6-5-7-12-24)30-35-29(27)32-15-14-23-10-8-9-13-25(23)18-32/h4-13,22,26,33H,1,14-21H2,2-3H3/t26-/m1/s1. The summed E-state index contributed by atoms with van der Waals surface area (Å²) in [6, 6.07) is 18.8. The summed E-state index contributed by atoms with van der Waals surface area (Å²) in [6.07, 6.45) is 2.09. The average molecular weight is 476 g/mol. The van der Waals surface area contributed by atoms with E-state index in [1.54, 1.807) is 6.08 Å².